The van der Waals surface area contributed by atoms with E-state index in [0.29, 0.717) is 0 Å². The molecule has 1 atom stereocenters. The quantitative estimate of drug-likeness (QED) is 0.852. The number of alkyl halides is 2. The van der Waals surface area contributed by atoms with Crippen molar-refractivity contribution in [3.8, 4) is 0 Å². The van der Waals surface area contributed by atoms with Gasteiger partial charge in [-0.1, -0.05) is 37.3 Å². The van der Waals surface area contributed by atoms with E-state index in [-0.39, 0.29) is 17.2 Å². The fourth-order valence-electron chi connectivity index (χ4n) is 1.32. The van der Waals surface area contributed by atoms with Crippen molar-refractivity contribution >= 4 is 17.7 Å². The average molecular weight is 260 g/mol. The van der Waals surface area contributed by atoms with Crippen molar-refractivity contribution in [2.24, 2.45) is 0 Å². The van der Waals surface area contributed by atoms with Crippen molar-refractivity contribution in [2.45, 2.75) is 24.5 Å². The molecule has 1 aromatic rings. The molecule has 0 bridgehead atoms. The van der Waals surface area contributed by atoms with Crippen LogP contribution in [0.2, 0.25) is 0 Å². The van der Waals surface area contributed by atoms with E-state index in [0.717, 1.165) is 11.8 Å². The monoisotopic (exact) mass is 260 g/mol. The van der Waals surface area contributed by atoms with Gasteiger partial charge in [0.25, 0.3) is 5.92 Å². The van der Waals surface area contributed by atoms with Gasteiger partial charge in [-0.15, -0.1) is 0 Å². The van der Waals surface area contributed by atoms with Crippen LogP contribution < -0.4 is 0 Å². The normalized spacial score (nSPS) is 13.4. The number of carbonyl (C=O) groups is 1. The molecule has 0 aromatic heterocycles. The van der Waals surface area contributed by atoms with Gasteiger partial charge in [-0.2, -0.15) is 11.8 Å². The number of carboxylic acid groups (broad SMARTS) is 1. The Labute approximate surface area is 103 Å². The summed E-state index contributed by atoms with van der Waals surface area (Å²) in [6.07, 6.45) is -0.102. The zero-order chi connectivity index (χ0) is 12.9. The van der Waals surface area contributed by atoms with Crippen LogP contribution in [0.5, 0.6) is 0 Å². The highest BCUT2D eigenvalue weighted by Gasteiger charge is 2.31. The number of hydrogen-bond donors (Lipinski definition) is 1. The van der Waals surface area contributed by atoms with Crippen molar-refractivity contribution in [2.75, 3.05) is 5.75 Å². The van der Waals surface area contributed by atoms with E-state index in [9.17, 15) is 13.6 Å². The Morgan fingerprint density at radius 1 is 1.41 bits per heavy atom. The molecule has 0 aliphatic rings. The first-order valence-electron chi connectivity index (χ1n) is 5.18. The second kappa shape index (κ2) is 6.00. The standard InChI is InChI=1S/C12H14F2O2S/c1-9(7-11(15)16)17-8-12(13,14)10-5-3-2-4-6-10/h2-6,9H,7-8H2,1H3,(H,15,16). The molecule has 0 saturated heterocycles. The largest absolute Gasteiger partial charge is 0.481 e. The Balaban J connectivity index is 2.53. The molecule has 0 aliphatic carbocycles. The third-order valence-corrected chi connectivity index (χ3v) is 3.47. The first-order valence-corrected chi connectivity index (χ1v) is 6.23. The molecule has 17 heavy (non-hydrogen) atoms. The van der Waals surface area contributed by atoms with E-state index in [2.05, 4.69) is 0 Å². The first kappa shape index (κ1) is 14.0. The van der Waals surface area contributed by atoms with Crippen LogP contribution in [0, 0.1) is 0 Å². The summed E-state index contributed by atoms with van der Waals surface area (Å²) in [7, 11) is 0. The predicted octanol–water partition coefficient (Wildman–Crippen LogP) is 3.37. The highest BCUT2D eigenvalue weighted by molar-refractivity contribution is 7.99. The molecule has 0 spiro atoms. The summed E-state index contributed by atoms with van der Waals surface area (Å²) in [5, 5.41) is 8.21. The van der Waals surface area contributed by atoms with Gasteiger partial charge in [-0.25, -0.2) is 8.78 Å². The van der Waals surface area contributed by atoms with Crippen molar-refractivity contribution in [3.05, 3.63) is 35.9 Å². The Kier molecular flexibility index (Phi) is 4.93. The van der Waals surface area contributed by atoms with Gasteiger partial charge in [0, 0.05) is 10.8 Å². The number of thioether (sulfide) groups is 1. The highest BCUT2D eigenvalue weighted by Crippen LogP contribution is 2.33. The minimum absolute atomic E-state index is 0.0324. The summed E-state index contributed by atoms with van der Waals surface area (Å²) in [4.78, 5) is 10.4. The lowest BCUT2D eigenvalue weighted by Crippen LogP contribution is -2.19. The molecule has 0 aliphatic heterocycles. The van der Waals surface area contributed by atoms with Gasteiger partial charge in [-0.05, 0) is 0 Å². The molecule has 1 aromatic carbocycles. The summed E-state index contributed by atoms with van der Waals surface area (Å²) in [6, 6.07) is 7.56. The van der Waals surface area contributed by atoms with Crippen molar-refractivity contribution in [3.63, 3.8) is 0 Å². The number of hydrogen-bond acceptors (Lipinski definition) is 2. The molecule has 94 valence electrons. The van der Waals surface area contributed by atoms with E-state index < -0.39 is 17.6 Å². The Hall–Kier alpha value is -1.10. The van der Waals surface area contributed by atoms with Gasteiger partial charge in [0.1, 0.15) is 0 Å². The fourth-order valence-corrected chi connectivity index (χ4v) is 2.24. The van der Waals surface area contributed by atoms with Crippen LogP contribution in [0.3, 0.4) is 0 Å². The summed E-state index contributed by atoms with van der Waals surface area (Å²) >= 11 is 0.976. The van der Waals surface area contributed by atoms with E-state index >= 15 is 0 Å². The zero-order valence-electron chi connectivity index (χ0n) is 9.40. The lowest BCUT2D eigenvalue weighted by Gasteiger charge is -2.18. The predicted molar refractivity (Wildman–Crippen MR) is 64.5 cm³/mol. The van der Waals surface area contributed by atoms with E-state index in [4.69, 9.17) is 5.11 Å². The van der Waals surface area contributed by atoms with Gasteiger partial charge in [0.2, 0.25) is 0 Å². The molecule has 1 rings (SSSR count). The first-order chi connectivity index (χ1) is 7.92. The van der Waals surface area contributed by atoms with E-state index in [1.807, 2.05) is 0 Å². The molecule has 0 saturated carbocycles. The molecular weight excluding hydrogens is 246 g/mol. The summed E-state index contributed by atoms with van der Waals surface area (Å²) in [5.41, 5.74) is -0.0324. The SMILES string of the molecule is CC(CC(=O)O)SCC(F)(F)c1ccccc1. The van der Waals surface area contributed by atoms with Crippen molar-refractivity contribution in [1.29, 1.82) is 0 Å². The summed E-state index contributed by atoms with van der Waals surface area (Å²) in [6.45, 7) is 1.64. The molecule has 5 heteroatoms. The van der Waals surface area contributed by atoms with Crippen LogP contribution in [-0.2, 0) is 10.7 Å². The maximum absolute atomic E-state index is 13.7. The van der Waals surface area contributed by atoms with Crippen LogP contribution in [0.15, 0.2) is 30.3 Å². The molecule has 0 amide bonds. The number of carboxylic acids is 1. The zero-order valence-corrected chi connectivity index (χ0v) is 10.2. The summed E-state index contributed by atoms with van der Waals surface area (Å²) < 4.78 is 27.4. The smallest absolute Gasteiger partial charge is 0.304 e. The molecule has 0 fully saturated rings. The van der Waals surface area contributed by atoms with Gasteiger partial charge in [0.15, 0.2) is 0 Å². The van der Waals surface area contributed by atoms with Gasteiger partial charge >= 0.3 is 5.97 Å². The molecule has 1 N–H and O–H groups in total. The van der Waals surface area contributed by atoms with Crippen LogP contribution in [0.25, 0.3) is 0 Å². The topological polar surface area (TPSA) is 37.3 Å². The number of aliphatic carboxylic acids is 1. The molecule has 0 heterocycles. The second-order valence-electron chi connectivity index (χ2n) is 3.79. The van der Waals surface area contributed by atoms with Gasteiger partial charge in [-0.3, -0.25) is 4.79 Å². The molecular formula is C12H14F2O2S. The van der Waals surface area contributed by atoms with Crippen LogP contribution in [0.4, 0.5) is 8.78 Å². The van der Waals surface area contributed by atoms with Gasteiger partial charge < -0.3 is 5.11 Å². The van der Waals surface area contributed by atoms with E-state index in [1.54, 1.807) is 25.1 Å². The summed E-state index contributed by atoms with van der Waals surface area (Å²) in [5.74, 6) is -4.28. The maximum atomic E-state index is 13.7. The molecule has 2 nitrogen and oxygen atoms in total. The third kappa shape index (κ3) is 4.73. The number of rotatable bonds is 6. The number of benzene rings is 1. The highest BCUT2D eigenvalue weighted by atomic mass is 32.2. The average Bonchev–Trinajstić information content (AvgIpc) is 2.27. The molecule has 1 unspecified atom stereocenters. The van der Waals surface area contributed by atoms with E-state index in [1.165, 1.54) is 12.1 Å². The van der Waals surface area contributed by atoms with Crippen molar-refractivity contribution < 1.29 is 18.7 Å². The Morgan fingerprint density at radius 3 is 2.53 bits per heavy atom. The minimum atomic E-state index is -2.92. The fraction of sp³-hybridized carbons (Fsp3) is 0.417. The van der Waals surface area contributed by atoms with Gasteiger partial charge in [0.05, 0.1) is 12.2 Å². The lowest BCUT2D eigenvalue weighted by molar-refractivity contribution is -0.136. The second-order valence-corrected chi connectivity index (χ2v) is 5.22. The van der Waals surface area contributed by atoms with Crippen molar-refractivity contribution in [1.82, 2.24) is 0 Å². The van der Waals surface area contributed by atoms with Crippen LogP contribution >= 0.6 is 11.8 Å². The Morgan fingerprint density at radius 2 is 2.00 bits per heavy atom. The third-order valence-electron chi connectivity index (χ3n) is 2.21. The number of halogens is 2. The maximum Gasteiger partial charge on any atom is 0.304 e. The molecule has 0 radical (unpaired) electrons. The lowest BCUT2D eigenvalue weighted by atomic mass is 10.1. The van der Waals surface area contributed by atoms with Crippen LogP contribution in [0.1, 0.15) is 18.9 Å². The minimum Gasteiger partial charge on any atom is -0.481 e. The van der Waals surface area contributed by atoms with Crippen LogP contribution in [-0.4, -0.2) is 22.1 Å². The Bertz CT molecular complexity index is 368.